The number of nitrogens with zero attached hydrogens (tertiary/aromatic N) is 4. The Kier molecular flexibility index (Phi) is 17.4. The minimum absolute atomic E-state index is 0. The number of aromatic nitrogens is 4. The molecule has 1 saturated heterocycles. The first kappa shape index (κ1) is 40.4. The van der Waals surface area contributed by atoms with Crippen molar-refractivity contribution in [3.05, 3.63) is 77.8 Å². The van der Waals surface area contributed by atoms with Crippen molar-refractivity contribution >= 4 is 16.1 Å². The Bertz CT molecular complexity index is 1030. The summed E-state index contributed by atoms with van der Waals surface area (Å²) in [5.74, 6) is 0.249. The van der Waals surface area contributed by atoms with Crippen molar-refractivity contribution < 1.29 is 41.6 Å². The second kappa shape index (κ2) is 17.6. The van der Waals surface area contributed by atoms with Crippen molar-refractivity contribution in [1.29, 1.82) is 0 Å². The van der Waals surface area contributed by atoms with Crippen molar-refractivity contribution in [2.75, 3.05) is 13.2 Å². The first-order valence-corrected chi connectivity index (χ1v) is 22.2. The van der Waals surface area contributed by atoms with Crippen LogP contribution in [-0.2, 0) is 4.74 Å². The number of aryl methyl sites for hydroxylation is 4. The van der Waals surface area contributed by atoms with Gasteiger partial charge in [-0.3, -0.25) is 0 Å². The van der Waals surface area contributed by atoms with Gasteiger partial charge in [-0.2, -0.15) is 22.3 Å². The van der Waals surface area contributed by atoms with Crippen molar-refractivity contribution in [2.24, 2.45) is 5.41 Å². The van der Waals surface area contributed by atoms with E-state index in [4.69, 9.17) is 14.9 Å². The molecule has 0 aliphatic carbocycles. The van der Waals surface area contributed by atoms with E-state index in [-0.39, 0.29) is 54.4 Å². The molecule has 0 amide bonds. The normalized spacial score (nSPS) is 14.1. The van der Waals surface area contributed by atoms with Gasteiger partial charge in [0.05, 0.1) is 11.4 Å². The molecule has 4 rings (SSSR count). The van der Waals surface area contributed by atoms with Crippen molar-refractivity contribution in [3.63, 3.8) is 0 Å². The molecule has 5 nitrogen and oxygen atoms in total. The van der Waals surface area contributed by atoms with E-state index in [0.717, 1.165) is 36.0 Å². The Labute approximate surface area is 284 Å². The largest absolute Gasteiger partial charge is 3.00 e. The van der Waals surface area contributed by atoms with Crippen LogP contribution in [0.2, 0.25) is 39.3 Å². The summed E-state index contributed by atoms with van der Waals surface area (Å²) in [5, 5.41) is 9.67. The monoisotopic (exact) mass is 758 g/mol. The van der Waals surface area contributed by atoms with Crippen LogP contribution in [0, 0.1) is 83.1 Å². The molecule has 0 unspecified atom stereocenters. The molecule has 0 N–H and O–H groups in total. The molecule has 0 bridgehead atoms. The molecule has 41 heavy (non-hydrogen) atoms. The van der Waals surface area contributed by atoms with Crippen molar-refractivity contribution in [3.8, 4) is 0 Å². The van der Waals surface area contributed by atoms with Gasteiger partial charge in [0.15, 0.2) is 0 Å². The van der Waals surface area contributed by atoms with Crippen LogP contribution < -0.4 is 0 Å². The summed E-state index contributed by atoms with van der Waals surface area (Å²) < 4.78 is 9.25. The molecule has 1 atom stereocenters. The fourth-order valence-corrected chi connectivity index (χ4v) is 4.44. The van der Waals surface area contributed by atoms with Crippen molar-refractivity contribution in [1.82, 2.24) is 19.6 Å². The quantitative estimate of drug-likeness (QED) is 0.197. The molecule has 240 valence electrons. The van der Waals surface area contributed by atoms with Gasteiger partial charge >= 0.3 is 36.9 Å². The average molecular weight is 759 g/mol. The van der Waals surface area contributed by atoms with Crippen LogP contribution >= 0.6 is 0 Å². The molecular formula is C33H59LuN4OSi2. The molecule has 3 aromatic rings. The third kappa shape index (κ3) is 16.7. The van der Waals surface area contributed by atoms with E-state index < -0.39 is 16.1 Å². The van der Waals surface area contributed by atoms with Crippen LogP contribution in [0.5, 0.6) is 0 Å². The van der Waals surface area contributed by atoms with Crippen LogP contribution in [0.1, 0.15) is 74.0 Å². The maximum absolute atomic E-state index is 4.94. The van der Waals surface area contributed by atoms with Crippen LogP contribution in [0.15, 0.2) is 36.4 Å². The van der Waals surface area contributed by atoms with E-state index in [0.29, 0.717) is 0 Å². The van der Waals surface area contributed by atoms with Crippen LogP contribution in [-0.4, -0.2) is 48.9 Å². The summed E-state index contributed by atoms with van der Waals surface area (Å²) in [5.41, 5.74) is 5.79. The van der Waals surface area contributed by atoms with Gasteiger partial charge in [0.25, 0.3) is 0 Å². The van der Waals surface area contributed by atoms with Crippen molar-refractivity contribution in [2.45, 2.75) is 113 Å². The first-order chi connectivity index (χ1) is 18.2. The third-order valence-electron chi connectivity index (χ3n) is 5.70. The van der Waals surface area contributed by atoms with Gasteiger partial charge in [0.2, 0.25) is 0 Å². The minimum Gasteiger partial charge on any atom is -0.381 e. The van der Waals surface area contributed by atoms with E-state index in [2.05, 4.69) is 147 Å². The van der Waals surface area contributed by atoms with Crippen LogP contribution in [0.4, 0.5) is 0 Å². The fraction of sp³-hybridized carbons (Fsp3) is 0.606. The number of rotatable bonds is 4. The zero-order chi connectivity index (χ0) is 30.9. The Morgan fingerprint density at radius 3 is 1.34 bits per heavy atom. The summed E-state index contributed by atoms with van der Waals surface area (Å²) in [4.78, 5) is 0. The predicted octanol–water partition coefficient (Wildman–Crippen LogP) is 9.10. The standard InChI is InChI=1S/C21H29N4.C4H8O.2C4H11Si.Lu/c1-14-12-16(3)24(22-14)20(25-17(4)13-15(2)23-25)19(21(5,6)7)18-10-8-9-11-18;1-2-4-5-3-1;2*1-5(2,3)4;/h8-13,19-20H,1-7H3;1-4H2;2*1H2,2-4H3;/q-1;;2*-1;+3/t19-;;;;/m0..../s1. The molecular weight excluding hydrogens is 700 g/mol. The summed E-state index contributed by atoms with van der Waals surface area (Å²) in [7, 11) is -1.72. The molecule has 1 aliphatic heterocycles. The van der Waals surface area contributed by atoms with Gasteiger partial charge in [0.1, 0.15) is 6.17 Å². The predicted molar refractivity (Wildman–Crippen MR) is 180 cm³/mol. The minimum atomic E-state index is -0.861. The third-order valence-corrected chi connectivity index (χ3v) is 5.70. The molecule has 8 heteroatoms. The van der Waals surface area contributed by atoms with E-state index in [1.807, 2.05) is 0 Å². The van der Waals surface area contributed by atoms with Crippen LogP contribution in [0.3, 0.4) is 0 Å². The van der Waals surface area contributed by atoms with Crippen LogP contribution in [0.25, 0.3) is 0 Å². The Balaban J connectivity index is 0.000000819. The molecule has 3 heterocycles. The molecule has 0 radical (unpaired) electrons. The molecule has 1 fully saturated rings. The maximum Gasteiger partial charge on any atom is 3.00 e. The summed E-state index contributed by atoms with van der Waals surface area (Å²) in [6.07, 6.45) is 2.56. The molecule has 0 spiro atoms. The number of hydrogen-bond acceptors (Lipinski definition) is 3. The van der Waals surface area contributed by atoms with Gasteiger partial charge in [-0.05, 0) is 64.0 Å². The number of ether oxygens (including phenoxy) is 1. The Hall–Kier alpha value is -0.602. The topological polar surface area (TPSA) is 44.9 Å². The van der Waals surface area contributed by atoms with Gasteiger partial charge in [-0.15, -0.1) is 21.7 Å². The van der Waals surface area contributed by atoms with E-state index >= 15 is 0 Å². The molecule has 0 saturated carbocycles. The number of hydrogen-bond donors (Lipinski definition) is 0. The Morgan fingerprint density at radius 2 is 1.12 bits per heavy atom. The average Bonchev–Trinajstić information content (AvgIpc) is 3.53. The summed E-state index contributed by atoms with van der Waals surface area (Å²) >= 11 is 0. The Morgan fingerprint density at radius 1 is 0.780 bits per heavy atom. The van der Waals surface area contributed by atoms with Gasteiger partial charge in [-0.1, -0.05) is 60.1 Å². The van der Waals surface area contributed by atoms with E-state index in [1.165, 1.54) is 18.4 Å². The van der Waals surface area contributed by atoms with E-state index in [9.17, 15) is 0 Å². The molecule has 1 aliphatic rings. The van der Waals surface area contributed by atoms with Gasteiger partial charge in [0, 0.05) is 24.6 Å². The zero-order valence-electron chi connectivity index (χ0n) is 28.3. The molecule has 2 aromatic heterocycles. The fourth-order valence-electron chi connectivity index (χ4n) is 4.44. The summed E-state index contributed by atoms with van der Waals surface area (Å²) in [6, 6.07) is 13.0. The molecule has 1 aromatic carbocycles. The first-order valence-electron chi connectivity index (χ1n) is 14.7. The van der Waals surface area contributed by atoms with E-state index in [1.54, 1.807) is 0 Å². The second-order valence-electron chi connectivity index (χ2n) is 14.7. The van der Waals surface area contributed by atoms with Gasteiger partial charge < -0.3 is 17.8 Å². The SMILES string of the molecule is C1CCOC1.Cc1cc(C)n(C([C@H]([c-]2cccc2)C(C)(C)C)n2nc(C)cc2C)n1.[CH2-][Si](C)(C)C.[CH2-][Si](C)(C)C.[Lu+3]. The van der Waals surface area contributed by atoms with Gasteiger partial charge in [-0.25, -0.2) is 21.5 Å². The summed E-state index contributed by atoms with van der Waals surface area (Å²) in [6.45, 7) is 38.4. The second-order valence-corrected chi connectivity index (χ2v) is 24.9. The zero-order valence-corrected chi connectivity index (χ0v) is 32.0. The maximum atomic E-state index is 4.94. The smallest absolute Gasteiger partial charge is 0.381 e.